The maximum atomic E-state index is 13.7. The molecule has 0 unspecified atom stereocenters. The number of nitrogens with one attached hydrogen (secondary N) is 2. The molecular weight excluding hydrogens is 505 g/mol. The van der Waals surface area contributed by atoms with Crippen molar-refractivity contribution >= 4 is 39.6 Å². The van der Waals surface area contributed by atoms with Crippen LogP contribution in [0.15, 0.2) is 70.2 Å². The van der Waals surface area contributed by atoms with Gasteiger partial charge in [-0.05, 0) is 71.7 Å². The number of amides is 2. The average molecular weight is 528 g/mol. The van der Waals surface area contributed by atoms with Crippen molar-refractivity contribution in [2.24, 2.45) is 5.10 Å². The van der Waals surface area contributed by atoms with Crippen molar-refractivity contribution in [1.82, 2.24) is 5.43 Å². The minimum Gasteiger partial charge on any atom is -0.490 e. The number of hydrogen-bond acceptors (Lipinski definition) is 5. The Labute approximate surface area is 205 Å². The number of halogens is 2. The minimum atomic E-state index is -0.537. The van der Waals surface area contributed by atoms with Gasteiger partial charge >= 0.3 is 0 Å². The summed E-state index contributed by atoms with van der Waals surface area (Å²) in [4.78, 5) is 24.4. The van der Waals surface area contributed by atoms with E-state index < -0.39 is 11.7 Å². The van der Waals surface area contributed by atoms with Gasteiger partial charge in [-0.15, -0.1) is 0 Å². The highest BCUT2D eigenvalue weighted by Gasteiger charge is 2.15. The Bertz CT molecular complexity index is 1200. The third-order valence-corrected chi connectivity index (χ3v) is 5.11. The predicted molar refractivity (Wildman–Crippen MR) is 132 cm³/mol. The molecule has 0 aliphatic carbocycles. The van der Waals surface area contributed by atoms with E-state index in [0.29, 0.717) is 33.7 Å². The number of para-hydroxylation sites is 1. The van der Waals surface area contributed by atoms with Crippen LogP contribution in [0.3, 0.4) is 0 Å². The van der Waals surface area contributed by atoms with Crippen LogP contribution in [0, 0.1) is 12.7 Å². The van der Waals surface area contributed by atoms with Crippen molar-refractivity contribution in [3.63, 3.8) is 0 Å². The number of rotatable bonds is 9. The monoisotopic (exact) mass is 527 g/mol. The van der Waals surface area contributed by atoms with E-state index in [1.54, 1.807) is 30.3 Å². The van der Waals surface area contributed by atoms with E-state index in [4.69, 9.17) is 9.47 Å². The lowest BCUT2D eigenvalue weighted by Gasteiger charge is -2.14. The molecule has 0 fully saturated rings. The van der Waals surface area contributed by atoms with Gasteiger partial charge in [-0.3, -0.25) is 9.59 Å². The molecule has 2 N–H and O–H groups in total. The van der Waals surface area contributed by atoms with Crippen molar-refractivity contribution in [3.05, 3.63) is 87.6 Å². The third-order valence-electron chi connectivity index (χ3n) is 4.52. The lowest BCUT2D eigenvalue weighted by molar-refractivity contribution is -0.118. The molecule has 7 nitrogen and oxygen atoms in total. The fourth-order valence-electron chi connectivity index (χ4n) is 2.89. The molecule has 0 radical (unpaired) electrons. The third kappa shape index (κ3) is 6.89. The number of carbonyl (C=O) groups excluding carboxylic acids is 2. The van der Waals surface area contributed by atoms with E-state index in [-0.39, 0.29) is 18.2 Å². The Balaban J connectivity index is 1.66. The van der Waals surface area contributed by atoms with Crippen LogP contribution in [0.4, 0.5) is 10.1 Å². The molecule has 176 valence electrons. The van der Waals surface area contributed by atoms with Crippen LogP contribution >= 0.6 is 15.9 Å². The van der Waals surface area contributed by atoms with Gasteiger partial charge in [0, 0.05) is 5.56 Å². The van der Waals surface area contributed by atoms with Crippen LogP contribution in [0.5, 0.6) is 11.5 Å². The molecule has 9 heteroatoms. The maximum Gasteiger partial charge on any atom is 0.271 e. The second kappa shape index (κ2) is 11.9. The quantitative estimate of drug-likeness (QED) is 0.300. The summed E-state index contributed by atoms with van der Waals surface area (Å²) in [6, 6.07) is 16.4. The van der Waals surface area contributed by atoms with Gasteiger partial charge in [0.05, 0.1) is 23.0 Å². The molecule has 0 heterocycles. The molecular formula is C25H23BrFN3O4. The van der Waals surface area contributed by atoms with Gasteiger partial charge in [0.25, 0.3) is 11.8 Å². The lowest BCUT2D eigenvalue weighted by Crippen LogP contribution is -2.21. The van der Waals surface area contributed by atoms with Crippen LogP contribution in [0.25, 0.3) is 0 Å². The van der Waals surface area contributed by atoms with Crippen molar-refractivity contribution in [2.45, 2.75) is 13.8 Å². The standard InChI is InChI=1S/C25H23BrFN3O4/c1-3-33-22-13-17(14-28-30-25(32)18-10-8-16(2)9-11-18)12-19(26)24(22)34-15-23(31)29-21-7-5-4-6-20(21)27/h4-14H,3,15H2,1-2H3,(H,29,31)(H,30,32)/b28-14+. The summed E-state index contributed by atoms with van der Waals surface area (Å²) >= 11 is 3.42. The number of hydrogen-bond donors (Lipinski definition) is 2. The number of carbonyl (C=O) groups is 2. The highest BCUT2D eigenvalue weighted by molar-refractivity contribution is 9.10. The fourth-order valence-corrected chi connectivity index (χ4v) is 3.46. The number of hydrazone groups is 1. The summed E-state index contributed by atoms with van der Waals surface area (Å²) in [6.07, 6.45) is 1.47. The first-order chi connectivity index (χ1) is 16.4. The molecule has 0 spiro atoms. The number of aryl methyl sites for hydroxylation is 1. The number of benzene rings is 3. The van der Waals surface area contributed by atoms with E-state index in [0.717, 1.165) is 5.56 Å². The van der Waals surface area contributed by atoms with Gasteiger partial charge in [-0.1, -0.05) is 29.8 Å². The summed E-state index contributed by atoms with van der Waals surface area (Å²) < 4.78 is 25.5. The largest absolute Gasteiger partial charge is 0.490 e. The Morgan fingerprint density at radius 2 is 1.82 bits per heavy atom. The molecule has 0 atom stereocenters. The number of anilines is 1. The topological polar surface area (TPSA) is 89.0 Å². The summed E-state index contributed by atoms with van der Waals surface area (Å²) in [5, 5.41) is 6.46. The number of ether oxygens (including phenoxy) is 2. The molecule has 0 saturated heterocycles. The molecule has 2 amide bonds. The Morgan fingerprint density at radius 3 is 2.53 bits per heavy atom. The summed E-state index contributed by atoms with van der Waals surface area (Å²) in [5.41, 5.74) is 4.73. The van der Waals surface area contributed by atoms with Crippen LogP contribution < -0.4 is 20.2 Å². The zero-order chi connectivity index (χ0) is 24.5. The summed E-state index contributed by atoms with van der Waals surface area (Å²) in [7, 11) is 0. The molecule has 0 saturated carbocycles. The van der Waals surface area contributed by atoms with Crippen LogP contribution in [-0.4, -0.2) is 31.2 Å². The van der Waals surface area contributed by atoms with E-state index in [9.17, 15) is 14.0 Å². The van der Waals surface area contributed by atoms with E-state index in [2.05, 4.69) is 31.8 Å². The molecule has 3 aromatic rings. The fraction of sp³-hybridized carbons (Fsp3) is 0.160. The lowest BCUT2D eigenvalue weighted by atomic mass is 10.1. The van der Waals surface area contributed by atoms with Crippen molar-refractivity contribution in [3.8, 4) is 11.5 Å². The normalized spacial score (nSPS) is 10.7. The Kier molecular flexibility index (Phi) is 8.75. The van der Waals surface area contributed by atoms with Crippen molar-refractivity contribution < 1.29 is 23.5 Å². The highest BCUT2D eigenvalue weighted by Crippen LogP contribution is 2.36. The van der Waals surface area contributed by atoms with Crippen molar-refractivity contribution in [2.75, 3.05) is 18.5 Å². The Morgan fingerprint density at radius 1 is 1.09 bits per heavy atom. The van der Waals surface area contributed by atoms with Gasteiger partial charge in [0.1, 0.15) is 5.82 Å². The molecule has 3 aromatic carbocycles. The van der Waals surface area contributed by atoms with Gasteiger partial charge in [0.2, 0.25) is 0 Å². The smallest absolute Gasteiger partial charge is 0.271 e. The maximum absolute atomic E-state index is 13.7. The molecule has 0 aliphatic heterocycles. The SMILES string of the molecule is CCOc1cc(/C=N/NC(=O)c2ccc(C)cc2)cc(Br)c1OCC(=O)Nc1ccccc1F. The predicted octanol–water partition coefficient (Wildman–Crippen LogP) is 5.08. The zero-order valence-electron chi connectivity index (χ0n) is 18.6. The van der Waals surface area contributed by atoms with Gasteiger partial charge in [0.15, 0.2) is 18.1 Å². The number of nitrogens with zero attached hydrogens (tertiary/aromatic N) is 1. The van der Waals surface area contributed by atoms with Crippen molar-refractivity contribution in [1.29, 1.82) is 0 Å². The van der Waals surface area contributed by atoms with Crippen LogP contribution in [0.1, 0.15) is 28.4 Å². The Hall–Kier alpha value is -3.72. The van der Waals surface area contributed by atoms with E-state index >= 15 is 0 Å². The summed E-state index contributed by atoms with van der Waals surface area (Å²) in [6.45, 7) is 3.75. The van der Waals surface area contributed by atoms with Crippen LogP contribution in [0.2, 0.25) is 0 Å². The van der Waals surface area contributed by atoms with Gasteiger partial charge < -0.3 is 14.8 Å². The average Bonchev–Trinajstić information content (AvgIpc) is 2.80. The molecule has 0 bridgehead atoms. The second-order valence-electron chi connectivity index (χ2n) is 7.14. The first-order valence-corrected chi connectivity index (χ1v) is 11.2. The highest BCUT2D eigenvalue weighted by atomic mass is 79.9. The first-order valence-electron chi connectivity index (χ1n) is 10.4. The summed E-state index contributed by atoms with van der Waals surface area (Å²) in [5.74, 6) is -0.705. The molecule has 0 aromatic heterocycles. The molecule has 3 rings (SSSR count). The zero-order valence-corrected chi connectivity index (χ0v) is 20.2. The van der Waals surface area contributed by atoms with Gasteiger partial charge in [-0.2, -0.15) is 5.10 Å². The molecule has 0 aliphatic rings. The first kappa shape index (κ1) is 24.9. The van der Waals surface area contributed by atoms with Gasteiger partial charge in [-0.25, -0.2) is 9.82 Å². The van der Waals surface area contributed by atoms with E-state index in [1.165, 1.54) is 24.4 Å². The minimum absolute atomic E-state index is 0.0689. The second-order valence-corrected chi connectivity index (χ2v) is 8.00. The van der Waals surface area contributed by atoms with E-state index in [1.807, 2.05) is 26.0 Å². The molecule has 34 heavy (non-hydrogen) atoms. The van der Waals surface area contributed by atoms with Crippen LogP contribution in [-0.2, 0) is 4.79 Å².